The lowest BCUT2D eigenvalue weighted by atomic mass is 10.0. The quantitative estimate of drug-likeness (QED) is 0.264. The molecule has 0 saturated heterocycles. The van der Waals surface area contributed by atoms with Crippen LogP contribution in [0.2, 0.25) is 5.02 Å². The molecule has 0 radical (unpaired) electrons. The number of nitrogens with one attached hydrogen (secondary N) is 1. The van der Waals surface area contributed by atoms with Crippen LogP contribution in [0.1, 0.15) is 33.4 Å². The van der Waals surface area contributed by atoms with Crippen molar-refractivity contribution in [1.82, 2.24) is 0 Å². The molecule has 5 nitrogen and oxygen atoms in total. The SMILES string of the molecule is CCOC(=O)c1c(-c2ccccc2)csc1NC(=O)c1ccc(-c2cc(C(F)(F)F)ccc2Cl)o1. The predicted octanol–water partition coefficient (Wildman–Crippen LogP) is 7.78. The number of amides is 1. The van der Waals surface area contributed by atoms with Gasteiger partial charge in [0.25, 0.3) is 5.91 Å². The Morgan fingerprint density at radius 2 is 1.80 bits per heavy atom. The van der Waals surface area contributed by atoms with Gasteiger partial charge in [0.15, 0.2) is 5.76 Å². The van der Waals surface area contributed by atoms with Gasteiger partial charge in [-0.05, 0) is 42.8 Å². The fourth-order valence-corrected chi connectivity index (χ4v) is 4.51. The van der Waals surface area contributed by atoms with Crippen molar-refractivity contribution in [2.24, 2.45) is 0 Å². The summed E-state index contributed by atoms with van der Waals surface area (Å²) in [5.74, 6) is -1.46. The van der Waals surface area contributed by atoms with E-state index in [1.807, 2.05) is 30.3 Å². The Bertz CT molecular complexity index is 1380. The van der Waals surface area contributed by atoms with Crippen LogP contribution in [-0.2, 0) is 10.9 Å². The highest BCUT2D eigenvalue weighted by molar-refractivity contribution is 7.15. The minimum Gasteiger partial charge on any atom is -0.462 e. The number of hydrogen-bond donors (Lipinski definition) is 1. The van der Waals surface area contributed by atoms with E-state index in [0.29, 0.717) is 5.56 Å². The summed E-state index contributed by atoms with van der Waals surface area (Å²) < 4.78 is 50.0. The van der Waals surface area contributed by atoms with Gasteiger partial charge in [0.1, 0.15) is 16.3 Å². The first-order valence-corrected chi connectivity index (χ1v) is 11.6. The maximum Gasteiger partial charge on any atom is 0.416 e. The minimum absolute atomic E-state index is 0.00441. The number of anilines is 1. The van der Waals surface area contributed by atoms with Gasteiger partial charge < -0.3 is 14.5 Å². The Morgan fingerprint density at radius 1 is 1.06 bits per heavy atom. The average Bonchev–Trinajstić information content (AvgIpc) is 3.47. The van der Waals surface area contributed by atoms with E-state index >= 15 is 0 Å². The molecule has 0 aliphatic carbocycles. The number of hydrogen-bond acceptors (Lipinski definition) is 5. The molecule has 2 heterocycles. The molecule has 0 unspecified atom stereocenters. The summed E-state index contributed by atoms with van der Waals surface area (Å²) in [5.41, 5.74) is 0.664. The maximum absolute atomic E-state index is 13.1. The molecular weight excluding hydrogens is 503 g/mol. The summed E-state index contributed by atoms with van der Waals surface area (Å²) in [6, 6.07) is 14.6. The van der Waals surface area contributed by atoms with Crippen molar-refractivity contribution >= 4 is 39.8 Å². The standard InChI is InChI=1S/C25H17ClF3NO4S/c1-2-33-24(32)21-17(14-6-4-3-5-7-14)13-35-23(21)30-22(31)20-11-10-19(34-20)16-12-15(25(27,28)29)8-9-18(16)26/h3-13H,2H2,1H3,(H,30,31). The number of ether oxygens (including phenoxy) is 1. The molecular formula is C25H17ClF3NO4S. The van der Waals surface area contributed by atoms with Crippen molar-refractivity contribution in [1.29, 1.82) is 0 Å². The summed E-state index contributed by atoms with van der Waals surface area (Å²) in [4.78, 5) is 25.6. The third-order valence-corrected chi connectivity index (χ3v) is 6.20. The number of carbonyl (C=O) groups excluding carboxylic acids is 2. The lowest BCUT2D eigenvalue weighted by molar-refractivity contribution is -0.137. The number of rotatable bonds is 6. The van der Waals surface area contributed by atoms with Crippen molar-refractivity contribution < 1.29 is 31.9 Å². The van der Waals surface area contributed by atoms with E-state index in [-0.39, 0.29) is 39.3 Å². The zero-order chi connectivity index (χ0) is 25.2. The zero-order valence-electron chi connectivity index (χ0n) is 18.1. The number of alkyl halides is 3. The van der Waals surface area contributed by atoms with E-state index in [9.17, 15) is 22.8 Å². The molecule has 180 valence electrons. The summed E-state index contributed by atoms with van der Waals surface area (Å²) >= 11 is 7.21. The van der Waals surface area contributed by atoms with Crippen LogP contribution in [0.15, 0.2) is 70.5 Å². The van der Waals surface area contributed by atoms with E-state index < -0.39 is 23.6 Å². The highest BCUT2D eigenvalue weighted by atomic mass is 35.5. The van der Waals surface area contributed by atoms with Gasteiger partial charge in [-0.3, -0.25) is 4.79 Å². The van der Waals surface area contributed by atoms with Crippen LogP contribution in [0.25, 0.3) is 22.5 Å². The van der Waals surface area contributed by atoms with Crippen molar-refractivity contribution in [3.63, 3.8) is 0 Å². The fraction of sp³-hybridized carbons (Fsp3) is 0.120. The highest BCUT2D eigenvalue weighted by Gasteiger charge is 2.31. The van der Waals surface area contributed by atoms with Crippen LogP contribution in [0.4, 0.5) is 18.2 Å². The van der Waals surface area contributed by atoms with E-state index in [0.717, 1.165) is 35.1 Å². The summed E-state index contributed by atoms with van der Waals surface area (Å²) in [6.07, 6.45) is -4.56. The van der Waals surface area contributed by atoms with Gasteiger partial charge in [0, 0.05) is 16.5 Å². The van der Waals surface area contributed by atoms with Crippen LogP contribution in [0, 0.1) is 0 Å². The van der Waals surface area contributed by atoms with Gasteiger partial charge in [-0.25, -0.2) is 4.79 Å². The number of furan rings is 1. The van der Waals surface area contributed by atoms with Gasteiger partial charge in [-0.2, -0.15) is 13.2 Å². The lowest BCUT2D eigenvalue weighted by Crippen LogP contribution is -2.14. The van der Waals surface area contributed by atoms with Gasteiger partial charge in [0.05, 0.1) is 17.2 Å². The Morgan fingerprint density at radius 3 is 2.49 bits per heavy atom. The molecule has 0 aliphatic heterocycles. The third kappa shape index (κ3) is 5.26. The number of benzene rings is 2. The van der Waals surface area contributed by atoms with Crippen LogP contribution in [0.5, 0.6) is 0 Å². The van der Waals surface area contributed by atoms with Crippen LogP contribution in [-0.4, -0.2) is 18.5 Å². The molecule has 1 N–H and O–H groups in total. The second kappa shape index (κ2) is 9.97. The minimum atomic E-state index is -4.56. The first-order chi connectivity index (χ1) is 16.7. The Balaban J connectivity index is 1.64. The highest BCUT2D eigenvalue weighted by Crippen LogP contribution is 2.38. The molecule has 0 aliphatic rings. The molecule has 0 fully saturated rings. The molecule has 0 atom stereocenters. The normalized spacial score (nSPS) is 11.3. The summed E-state index contributed by atoms with van der Waals surface area (Å²) in [7, 11) is 0. The second-order valence-electron chi connectivity index (χ2n) is 7.25. The van der Waals surface area contributed by atoms with Gasteiger partial charge >= 0.3 is 12.1 Å². The van der Waals surface area contributed by atoms with Gasteiger partial charge in [-0.15, -0.1) is 11.3 Å². The van der Waals surface area contributed by atoms with E-state index in [2.05, 4.69) is 5.32 Å². The Kier molecular flexibility index (Phi) is 7.00. The first kappa shape index (κ1) is 24.6. The van der Waals surface area contributed by atoms with Crippen LogP contribution in [0.3, 0.4) is 0 Å². The topological polar surface area (TPSA) is 68.5 Å². The monoisotopic (exact) mass is 519 g/mol. The van der Waals surface area contributed by atoms with Crippen molar-refractivity contribution in [3.05, 3.63) is 88.0 Å². The van der Waals surface area contributed by atoms with Gasteiger partial charge in [0.2, 0.25) is 0 Å². The molecule has 4 rings (SSSR count). The van der Waals surface area contributed by atoms with Crippen molar-refractivity contribution in [2.75, 3.05) is 11.9 Å². The van der Waals surface area contributed by atoms with Crippen molar-refractivity contribution in [2.45, 2.75) is 13.1 Å². The lowest BCUT2D eigenvalue weighted by Gasteiger charge is -2.09. The third-order valence-electron chi connectivity index (χ3n) is 4.97. The molecule has 0 bridgehead atoms. The van der Waals surface area contributed by atoms with Crippen LogP contribution >= 0.6 is 22.9 Å². The maximum atomic E-state index is 13.1. The van der Waals surface area contributed by atoms with Crippen LogP contribution < -0.4 is 5.32 Å². The predicted molar refractivity (Wildman–Crippen MR) is 128 cm³/mol. The molecule has 2 aromatic heterocycles. The number of thiophene rings is 1. The number of halogens is 4. The molecule has 2 aromatic carbocycles. The largest absolute Gasteiger partial charge is 0.462 e. The number of esters is 1. The molecule has 10 heteroatoms. The van der Waals surface area contributed by atoms with E-state index in [1.54, 1.807) is 12.3 Å². The summed E-state index contributed by atoms with van der Waals surface area (Å²) in [5, 5.41) is 4.66. The molecule has 1 amide bonds. The fourth-order valence-electron chi connectivity index (χ4n) is 3.35. The zero-order valence-corrected chi connectivity index (χ0v) is 19.7. The Labute approximate surface area is 207 Å². The van der Waals surface area contributed by atoms with E-state index in [1.165, 1.54) is 12.1 Å². The summed E-state index contributed by atoms with van der Waals surface area (Å²) in [6.45, 7) is 1.82. The molecule has 4 aromatic rings. The average molecular weight is 520 g/mol. The second-order valence-corrected chi connectivity index (χ2v) is 8.54. The van der Waals surface area contributed by atoms with Crippen molar-refractivity contribution in [3.8, 4) is 22.5 Å². The molecule has 0 saturated carbocycles. The smallest absolute Gasteiger partial charge is 0.416 e. The first-order valence-electron chi connectivity index (χ1n) is 10.3. The Hall–Kier alpha value is -3.56. The molecule has 0 spiro atoms. The van der Waals surface area contributed by atoms with Gasteiger partial charge in [-0.1, -0.05) is 41.9 Å². The number of carbonyl (C=O) groups is 2. The molecule has 35 heavy (non-hydrogen) atoms. The van der Waals surface area contributed by atoms with E-state index in [4.69, 9.17) is 20.8 Å².